The number of ketones is 1. The average molecular weight is 334 g/mol. The van der Waals surface area contributed by atoms with Crippen LogP contribution in [0.2, 0.25) is 0 Å². The molecular formula is C17H20BrNO. The van der Waals surface area contributed by atoms with Gasteiger partial charge in [0.25, 0.3) is 0 Å². The summed E-state index contributed by atoms with van der Waals surface area (Å²) in [6.45, 7) is 4.31. The highest BCUT2D eigenvalue weighted by molar-refractivity contribution is 9.10. The van der Waals surface area contributed by atoms with Crippen LogP contribution in [-0.2, 0) is 4.79 Å². The molecule has 2 atom stereocenters. The first kappa shape index (κ1) is 15.3. The van der Waals surface area contributed by atoms with Crippen LogP contribution in [0.15, 0.2) is 28.7 Å². The van der Waals surface area contributed by atoms with Crippen molar-refractivity contribution < 1.29 is 4.79 Å². The Morgan fingerprint density at radius 2 is 2.00 bits per heavy atom. The van der Waals surface area contributed by atoms with Crippen molar-refractivity contribution in [2.24, 2.45) is 11.3 Å². The molecule has 0 saturated heterocycles. The van der Waals surface area contributed by atoms with Crippen molar-refractivity contribution in [1.82, 2.24) is 0 Å². The van der Waals surface area contributed by atoms with Crippen LogP contribution in [0.3, 0.4) is 0 Å². The second-order valence-electron chi connectivity index (χ2n) is 6.30. The van der Waals surface area contributed by atoms with Crippen LogP contribution in [0.1, 0.15) is 51.0 Å². The molecule has 1 fully saturated rings. The smallest absolute Gasteiger partial charge is 0.158 e. The average Bonchev–Trinajstić information content (AvgIpc) is 2.41. The monoisotopic (exact) mass is 333 g/mol. The molecule has 0 radical (unpaired) electrons. The number of rotatable bonds is 3. The van der Waals surface area contributed by atoms with E-state index >= 15 is 0 Å². The van der Waals surface area contributed by atoms with Gasteiger partial charge in [-0.05, 0) is 36.0 Å². The summed E-state index contributed by atoms with van der Waals surface area (Å²) in [6.07, 6.45) is 4.27. The molecule has 0 bridgehead atoms. The predicted molar refractivity (Wildman–Crippen MR) is 83.2 cm³/mol. The molecule has 0 aliphatic heterocycles. The van der Waals surface area contributed by atoms with E-state index in [0.29, 0.717) is 0 Å². The minimum Gasteiger partial charge on any atom is -0.298 e. The molecule has 0 aromatic heterocycles. The van der Waals surface area contributed by atoms with Crippen LogP contribution < -0.4 is 0 Å². The zero-order valence-corrected chi connectivity index (χ0v) is 13.6. The van der Waals surface area contributed by atoms with Gasteiger partial charge in [-0.15, -0.1) is 0 Å². The van der Waals surface area contributed by atoms with Crippen LogP contribution in [-0.4, -0.2) is 5.78 Å². The summed E-state index contributed by atoms with van der Waals surface area (Å²) >= 11 is 3.38. The summed E-state index contributed by atoms with van der Waals surface area (Å²) < 4.78 is 0.961. The second-order valence-corrected chi connectivity index (χ2v) is 7.22. The van der Waals surface area contributed by atoms with Crippen molar-refractivity contribution in [3.05, 3.63) is 34.3 Å². The van der Waals surface area contributed by atoms with Gasteiger partial charge in [-0.25, -0.2) is 0 Å². The molecule has 0 spiro atoms. The SMILES string of the molecule is CC1(C)CCCCC1C(=O)C(C#N)c1ccc(Br)cc1. The maximum absolute atomic E-state index is 12.8. The van der Waals surface area contributed by atoms with Gasteiger partial charge < -0.3 is 0 Å². The largest absolute Gasteiger partial charge is 0.298 e. The highest BCUT2D eigenvalue weighted by Crippen LogP contribution is 2.43. The van der Waals surface area contributed by atoms with Gasteiger partial charge in [0.2, 0.25) is 0 Å². The first-order valence-corrected chi connectivity index (χ1v) is 7.94. The van der Waals surface area contributed by atoms with Gasteiger partial charge in [0.1, 0.15) is 5.92 Å². The van der Waals surface area contributed by atoms with Crippen LogP contribution in [0.25, 0.3) is 0 Å². The molecule has 20 heavy (non-hydrogen) atoms. The van der Waals surface area contributed by atoms with Crippen LogP contribution >= 0.6 is 15.9 Å². The maximum atomic E-state index is 12.8. The molecule has 1 aromatic carbocycles. The lowest BCUT2D eigenvalue weighted by molar-refractivity contribution is -0.128. The summed E-state index contributed by atoms with van der Waals surface area (Å²) in [5.41, 5.74) is 0.821. The lowest BCUT2D eigenvalue weighted by atomic mass is 9.65. The van der Waals surface area contributed by atoms with E-state index in [1.54, 1.807) is 0 Å². The van der Waals surface area contributed by atoms with E-state index in [1.165, 1.54) is 6.42 Å². The van der Waals surface area contributed by atoms with Crippen molar-refractivity contribution in [2.45, 2.75) is 45.4 Å². The van der Waals surface area contributed by atoms with Gasteiger partial charge in [0.15, 0.2) is 5.78 Å². The Morgan fingerprint density at radius 3 is 2.55 bits per heavy atom. The van der Waals surface area contributed by atoms with Crippen molar-refractivity contribution in [3.8, 4) is 6.07 Å². The fourth-order valence-electron chi connectivity index (χ4n) is 3.18. The number of benzene rings is 1. The number of hydrogen-bond acceptors (Lipinski definition) is 2. The van der Waals surface area contributed by atoms with Crippen LogP contribution in [0.5, 0.6) is 0 Å². The lowest BCUT2D eigenvalue weighted by Gasteiger charge is -2.38. The summed E-state index contributed by atoms with van der Waals surface area (Å²) in [6, 6.07) is 9.72. The Kier molecular flexibility index (Phi) is 4.65. The molecule has 1 aromatic rings. The van der Waals surface area contributed by atoms with Crippen LogP contribution in [0.4, 0.5) is 0 Å². The van der Waals surface area contributed by atoms with E-state index in [0.717, 1.165) is 29.3 Å². The first-order chi connectivity index (χ1) is 9.45. The van der Waals surface area contributed by atoms with Crippen LogP contribution in [0, 0.1) is 22.7 Å². The zero-order valence-electron chi connectivity index (χ0n) is 12.0. The number of nitrogens with zero attached hydrogens (tertiary/aromatic N) is 1. The van der Waals surface area contributed by atoms with Crippen molar-refractivity contribution in [1.29, 1.82) is 5.26 Å². The maximum Gasteiger partial charge on any atom is 0.158 e. The van der Waals surface area contributed by atoms with Gasteiger partial charge >= 0.3 is 0 Å². The van der Waals surface area contributed by atoms with E-state index in [4.69, 9.17) is 0 Å². The predicted octanol–water partition coefficient (Wildman–Crippen LogP) is 4.84. The fourth-order valence-corrected chi connectivity index (χ4v) is 3.44. The van der Waals surface area contributed by atoms with E-state index in [2.05, 4.69) is 35.8 Å². The Bertz CT molecular complexity index is 527. The Balaban J connectivity index is 2.25. The third kappa shape index (κ3) is 3.12. The molecule has 2 unspecified atom stereocenters. The summed E-state index contributed by atoms with van der Waals surface area (Å²) in [4.78, 5) is 12.8. The quantitative estimate of drug-likeness (QED) is 0.793. The molecule has 106 valence electrons. The second kappa shape index (κ2) is 6.10. The highest BCUT2D eigenvalue weighted by atomic mass is 79.9. The normalized spacial score (nSPS) is 22.8. The topological polar surface area (TPSA) is 40.9 Å². The minimum absolute atomic E-state index is 0.00421. The van der Waals surface area contributed by atoms with E-state index in [9.17, 15) is 10.1 Å². The molecule has 3 heteroatoms. The summed E-state index contributed by atoms with van der Waals surface area (Å²) in [5.74, 6) is -0.533. The molecule has 0 N–H and O–H groups in total. The number of halogens is 1. The highest BCUT2D eigenvalue weighted by Gasteiger charge is 2.40. The van der Waals surface area contributed by atoms with Gasteiger partial charge in [-0.1, -0.05) is 54.8 Å². The molecule has 2 rings (SSSR count). The number of Topliss-reactive ketones (excluding diaryl/α,β-unsaturated/α-hetero) is 1. The Labute approximate surface area is 129 Å². The number of hydrogen-bond donors (Lipinski definition) is 0. The molecule has 1 aliphatic rings. The van der Waals surface area contributed by atoms with Crippen molar-refractivity contribution in [2.75, 3.05) is 0 Å². The van der Waals surface area contributed by atoms with Crippen molar-refractivity contribution in [3.63, 3.8) is 0 Å². The van der Waals surface area contributed by atoms with Gasteiger partial charge in [0.05, 0.1) is 6.07 Å². The van der Waals surface area contributed by atoms with Crippen molar-refractivity contribution >= 4 is 21.7 Å². The van der Waals surface area contributed by atoms with E-state index < -0.39 is 5.92 Å². The van der Waals surface area contributed by atoms with Gasteiger partial charge in [0, 0.05) is 10.4 Å². The third-order valence-corrected chi connectivity index (χ3v) is 5.00. The Hall–Kier alpha value is -1.14. The third-order valence-electron chi connectivity index (χ3n) is 4.47. The van der Waals surface area contributed by atoms with Gasteiger partial charge in [-0.2, -0.15) is 5.26 Å². The summed E-state index contributed by atoms with van der Waals surface area (Å²) in [7, 11) is 0. The van der Waals surface area contributed by atoms with Gasteiger partial charge in [-0.3, -0.25) is 4.79 Å². The lowest BCUT2D eigenvalue weighted by Crippen LogP contribution is -2.36. The zero-order chi connectivity index (χ0) is 14.8. The number of carbonyl (C=O) groups excluding carboxylic acids is 1. The Morgan fingerprint density at radius 1 is 1.35 bits per heavy atom. The standard InChI is InChI=1S/C17H20BrNO/c1-17(2)10-4-3-5-15(17)16(20)14(11-19)12-6-8-13(18)9-7-12/h6-9,14-15H,3-5,10H2,1-2H3. The van der Waals surface area contributed by atoms with E-state index in [1.807, 2.05) is 24.3 Å². The van der Waals surface area contributed by atoms with E-state index in [-0.39, 0.29) is 17.1 Å². The first-order valence-electron chi connectivity index (χ1n) is 7.14. The summed E-state index contributed by atoms with van der Waals surface area (Å²) in [5, 5.41) is 9.44. The number of carbonyl (C=O) groups is 1. The molecule has 1 saturated carbocycles. The molecule has 0 amide bonds. The molecule has 2 nitrogen and oxygen atoms in total. The fraction of sp³-hybridized carbons (Fsp3) is 0.529. The molecule has 0 heterocycles. The number of nitriles is 1. The minimum atomic E-state index is -0.634. The molecular weight excluding hydrogens is 314 g/mol. The molecule has 1 aliphatic carbocycles.